The van der Waals surface area contributed by atoms with Crippen LogP contribution in [0.3, 0.4) is 0 Å². The van der Waals surface area contributed by atoms with Crippen molar-refractivity contribution in [1.82, 2.24) is 15.1 Å². The molecule has 1 saturated heterocycles. The van der Waals surface area contributed by atoms with Crippen molar-refractivity contribution in [3.05, 3.63) is 12.3 Å². The van der Waals surface area contributed by atoms with E-state index in [1.807, 2.05) is 0 Å². The SMILES string of the molecule is CC(C)OC(=O)[C@H](C)NP(=S)(N[C@@H](C)C(=O)OC(C)C)OC[C@@]1(C(F)F)O[C@@H](N2C=CC(=O)CC2=O)[C@@H](F)[C@@H]1O. The molecule has 17 heteroatoms. The third-order valence-corrected chi connectivity index (χ3v) is 8.60. The quantitative estimate of drug-likeness (QED) is 0.156. The van der Waals surface area contributed by atoms with Gasteiger partial charge in [0.15, 0.2) is 30.4 Å². The monoisotopic (exact) mass is 617 g/mol. The Morgan fingerprint density at radius 3 is 2.05 bits per heavy atom. The number of carbonyl (C=O) groups excluding carboxylic acids is 4. The summed E-state index contributed by atoms with van der Waals surface area (Å²) in [5, 5.41) is 15.9. The van der Waals surface area contributed by atoms with Gasteiger partial charge in [-0.1, -0.05) is 0 Å². The van der Waals surface area contributed by atoms with E-state index in [4.69, 9.17) is 30.5 Å². The van der Waals surface area contributed by atoms with Crippen molar-refractivity contribution >= 4 is 42.0 Å². The van der Waals surface area contributed by atoms with E-state index in [1.54, 1.807) is 27.7 Å². The first-order valence-electron chi connectivity index (χ1n) is 12.4. The Morgan fingerprint density at radius 2 is 1.62 bits per heavy atom. The van der Waals surface area contributed by atoms with E-state index >= 15 is 4.39 Å². The molecule has 0 aromatic carbocycles. The molecule has 228 valence electrons. The summed E-state index contributed by atoms with van der Waals surface area (Å²) in [5.74, 6) is -3.02. The minimum atomic E-state index is -3.83. The van der Waals surface area contributed by atoms with Crippen molar-refractivity contribution < 1.29 is 56.2 Å². The minimum Gasteiger partial charge on any atom is -0.462 e. The van der Waals surface area contributed by atoms with Crippen LogP contribution >= 0.6 is 6.57 Å². The van der Waals surface area contributed by atoms with E-state index in [0.717, 1.165) is 12.3 Å². The summed E-state index contributed by atoms with van der Waals surface area (Å²) in [4.78, 5) is 49.1. The molecule has 0 unspecified atom stereocenters. The first kappa shape index (κ1) is 34.3. The number of aliphatic hydroxyl groups excluding tert-OH is 1. The van der Waals surface area contributed by atoms with Gasteiger partial charge in [-0.15, -0.1) is 0 Å². The van der Waals surface area contributed by atoms with E-state index in [2.05, 4.69) is 10.2 Å². The Bertz CT molecular complexity index is 1020. The Labute approximate surface area is 235 Å². The number of ether oxygens (including phenoxy) is 3. The molecular formula is C23H35F3N3O9PS. The van der Waals surface area contributed by atoms with Crippen molar-refractivity contribution in [2.24, 2.45) is 0 Å². The molecule has 1 fully saturated rings. The lowest BCUT2D eigenvalue weighted by Gasteiger charge is -2.36. The van der Waals surface area contributed by atoms with E-state index in [-0.39, 0.29) is 0 Å². The van der Waals surface area contributed by atoms with Gasteiger partial charge in [0, 0.05) is 6.20 Å². The number of alkyl halides is 3. The highest BCUT2D eigenvalue weighted by atomic mass is 32.4. The fraction of sp³-hybridized carbons (Fsp3) is 0.739. The van der Waals surface area contributed by atoms with Crippen molar-refractivity contribution in [1.29, 1.82) is 0 Å². The summed E-state index contributed by atoms with van der Waals surface area (Å²) in [6.07, 6.45) is -10.3. The van der Waals surface area contributed by atoms with Crippen LogP contribution in [0.2, 0.25) is 0 Å². The first-order chi connectivity index (χ1) is 18.4. The molecule has 0 radical (unpaired) electrons. The van der Waals surface area contributed by atoms with Crippen molar-refractivity contribution in [2.75, 3.05) is 6.61 Å². The van der Waals surface area contributed by atoms with Gasteiger partial charge in [-0.3, -0.25) is 24.1 Å². The molecule has 2 aliphatic heterocycles. The lowest BCUT2D eigenvalue weighted by Crippen LogP contribution is -2.53. The highest BCUT2D eigenvalue weighted by molar-refractivity contribution is 8.10. The number of esters is 2. The van der Waals surface area contributed by atoms with Crippen molar-refractivity contribution in [2.45, 2.75) is 103 Å². The summed E-state index contributed by atoms with van der Waals surface area (Å²) >= 11 is 5.51. The molecule has 2 heterocycles. The lowest BCUT2D eigenvalue weighted by molar-refractivity contribution is -0.198. The van der Waals surface area contributed by atoms with E-state index < -0.39 is 98.0 Å². The number of nitrogens with one attached hydrogen (secondary N) is 2. The van der Waals surface area contributed by atoms with E-state index in [9.17, 15) is 33.1 Å². The first-order valence-corrected chi connectivity index (χ1v) is 15.2. The Morgan fingerprint density at radius 1 is 1.12 bits per heavy atom. The van der Waals surface area contributed by atoms with Crippen LogP contribution in [-0.4, -0.2) is 95.1 Å². The third kappa shape index (κ3) is 8.30. The number of halogens is 3. The Balaban J connectivity index is 2.35. The van der Waals surface area contributed by atoms with Crippen LogP contribution in [0.1, 0.15) is 48.0 Å². The van der Waals surface area contributed by atoms with Crippen LogP contribution in [0.5, 0.6) is 0 Å². The maximum Gasteiger partial charge on any atom is 0.323 e. The highest BCUT2D eigenvalue weighted by Crippen LogP contribution is 2.46. The molecule has 2 rings (SSSR count). The molecule has 12 nitrogen and oxygen atoms in total. The summed E-state index contributed by atoms with van der Waals surface area (Å²) < 4.78 is 65.1. The average Bonchev–Trinajstić information content (AvgIpc) is 3.08. The van der Waals surface area contributed by atoms with Crippen LogP contribution in [0, 0.1) is 0 Å². The third-order valence-electron chi connectivity index (χ3n) is 5.70. The van der Waals surface area contributed by atoms with Crippen LogP contribution in [0.15, 0.2) is 12.3 Å². The summed E-state index contributed by atoms with van der Waals surface area (Å²) in [6, 6.07) is -2.30. The van der Waals surface area contributed by atoms with Crippen LogP contribution in [-0.2, 0) is 49.7 Å². The van der Waals surface area contributed by atoms with Gasteiger partial charge in [0.1, 0.15) is 18.2 Å². The van der Waals surface area contributed by atoms with Gasteiger partial charge in [-0.05, 0) is 59.4 Å². The largest absolute Gasteiger partial charge is 0.462 e. The van der Waals surface area contributed by atoms with Gasteiger partial charge in [0.25, 0.3) is 6.43 Å². The van der Waals surface area contributed by atoms with Gasteiger partial charge in [-0.2, -0.15) is 0 Å². The summed E-state index contributed by atoms with van der Waals surface area (Å²) in [7, 11) is 0. The normalized spacial score (nSPS) is 27.0. The fourth-order valence-electron chi connectivity index (χ4n) is 3.72. The number of hydrogen-bond donors (Lipinski definition) is 3. The molecule has 0 aromatic heterocycles. The van der Waals surface area contributed by atoms with Crippen molar-refractivity contribution in [3.63, 3.8) is 0 Å². The molecule has 0 aromatic rings. The number of allylic oxidation sites excluding steroid dienone is 1. The maximum atomic E-state index is 15.1. The summed E-state index contributed by atoms with van der Waals surface area (Å²) in [6.45, 7) is 4.09. The standard InChI is InChI=1S/C23H35F3N3O9PS/c1-11(2)36-20(33)13(5)27-39(40,28-14(6)21(34)37-12(3)4)35-10-23(22(25)26)18(32)17(24)19(38-23)29-8-7-15(30)9-16(29)31/h7-8,11-14,17-19,22,32H,9-10H2,1-6H3,(H2,27,28,40)/t13-,14-,17-,18-,19+,23+/m0/s1. The predicted octanol–water partition coefficient (Wildman–Crippen LogP) is 1.46. The Hall–Kier alpha value is -1.94. The van der Waals surface area contributed by atoms with Crippen molar-refractivity contribution in [3.8, 4) is 0 Å². The Kier molecular flexibility index (Phi) is 11.8. The van der Waals surface area contributed by atoms with E-state index in [0.29, 0.717) is 4.90 Å². The summed E-state index contributed by atoms with van der Waals surface area (Å²) in [5.41, 5.74) is -3.02. The minimum absolute atomic E-state index is 0.493. The second kappa shape index (κ2) is 13.8. The molecule has 0 spiro atoms. The number of amides is 1. The number of aliphatic hydroxyl groups is 1. The number of rotatable bonds is 13. The molecular weight excluding hydrogens is 582 g/mol. The predicted molar refractivity (Wildman–Crippen MR) is 138 cm³/mol. The topological polar surface area (TPSA) is 153 Å². The van der Waals surface area contributed by atoms with E-state index in [1.165, 1.54) is 13.8 Å². The second-order valence-electron chi connectivity index (χ2n) is 9.91. The van der Waals surface area contributed by atoms with Gasteiger partial charge in [-0.25, -0.2) is 23.3 Å². The average molecular weight is 618 g/mol. The smallest absolute Gasteiger partial charge is 0.323 e. The second-order valence-corrected chi connectivity index (χ2v) is 13.3. The molecule has 0 aliphatic carbocycles. The zero-order chi connectivity index (χ0) is 30.6. The molecule has 6 atom stereocenters. The van der Waals surface area contributed by atoms with Gasteiger partial charge >= 0.3 is 11.9 Å². The fourth-order valence-corrected chi connectivity index (χ4v) is 6.66. The van der Waals surface area contributed by atoms with Crippen LogP contribution < -0.4 is 10.2 Å². The number of carbonyl (C=O) groups is 4. The van der Waals surface area contributed by atoms with Crippen LogP contribution in [0.4, 0.5) is 13.2 Å². The van der Waals surface area contributed by atoms with Gasteiger partial charge < -0.3 is 23.8 Å². The molecule has 1 amide bonds. The molecule has 0 bridgehead atoms. The lowest BCUT2D eigenvalue weighted by atomic mass is 9.97. The zero-order valence-corrected chi connectivity index (χ0v) is 24.5. The highest BCUT2D eigenvalue weighted by Gasteiger charge is 2.63. The van der Waals surface area contributed by atoms with Gasteiger partial charge in [0.2, 0.25) is 5.91 Å². The molecule has 0 saturated carbocycles. The number of hydrogen-bond acceptors (Lipinski definition) is 10. The zero-order valence-electron chi connectivity index (χ0n) is 22.8. The molecule has 40 heavy (non-hydrogen) atoms. The molecule has 3 N–H and O–H groups in total. The number of ketones is 1. The van der Waals surface area contributed by atoms with Gasteiger partial charge in [0.05, 0.1) is 25.2 Å². The number of nitrogens with zero attached hydrogens (tertiary/aromatic N) is 1. The molecule has 2 aliphatic rings. The van der Waals surface area contributed by atoms with Crippen LogP contribution in [0.25, 0.3) is 0 Å². The maximum absolute atomic E-state index is 15.1.